The van der Waals surface area contributed by atoms with Crippen LogP contribution in [0.5, 0.6) is 0 Å². The number of nitrogens with one attached hydrogen (secondary N) is 4. The van der Waals surface area contributed by atoms with E-state index in [-0.39, 0.29) is 28.1 Å². The molecule has 4 N–H and O–H groups in total. The number of likely N-dealkylation sites (N-methyl/N-ethyl adjacent to an activating group) is 2. The van der Waals surface area contributed by atoms with Gasteiger partial charge in [0.1, 0.15) is 34.4 Å². The molecule has 2 aliphatic rings. The Morgan fingerprint density at radius 1 is 0.592 bits per heavy atom. The molecule has 0 saturated carbocycles. The lowest BCUT2D eigenvalue weighted by atomic mass is 10.1. The van der Waals surface area contributed by atoms with E-state index in [4.69, 9.17) is 0 Å². The zero-order valence-corrected chi connectivity index (χ0v) is 40.1. The Bertz CT molecular complexity index is 3070. The molecule has 0 atom stereocenters. The molecule has 8 aromatic rings. The standard InChI is InChI=1S/C26H28FN7O2.C26H28FN7O/c1-3-32-17-29-23(18-4-6-19(27)7-5-18)24(32)25-28-16-22(31-25)26(35)30-20-8-10-21(11-9-20)33-12-14-34(2,36)15-13-33;1-3-33-17-29-23(18-4-6-19(27)7-5-18)24(33)25-28-16-22(31-25)26(35)30-20-8-10-21(11-9-20)34-14-12-32(2)13-15-34/h4-11,16-17H,3,12-15H2,1-2H3,(H,28,31)(H,30,35);4-11,16-17H,3,12-15H2,1-2H3,(H,28,31)(H,30,35). The summed E-state index contributed by atoms with van der Waals surface area (Å²) in [6.45, 7) is 11.9. The summed E-state index contributed by atoms with van der Waals surface area (Å²) >= 11 is 0. The van der Waals surface area contributed by atoms with E-state index in [0.29, 0.717) is 79.4 Å². The minimum Gasteiger partial charge on any atom is -0.633 e. The van der Waals surface area contributed by atoms with Crippen LogP contribution in [0.3, 0.4) is 0 Å². The van der Waals surface area contributed by atoms with E-state index in [1.54, 1.807) is 44.0 Å². The SMILES string of the molecule is CCn1cnc(-c2ccc(F)cc2)c1-c1ncc(C(=O)Nc2ccc(N3CCN(C)CC3)cc2)[nH]1.CCn1cnc(-c2ccc(F)cc2)c1-c1ncc(C(=O)Nc2ccc(N3CC[N+](C)([O-])CC3)cc2)[nH]1. The average molecular weight is 963 g/mol. The Labute approximate surface area is 410 Å². The number of halogens is 2. The van der Waals surface area contributed by atoms with Gasteiger partial charge in [0.05, 0.1) is 69.7 Å². The van der Waals surface area contributed by atoms with E-state index < -0.39 is 0 Å². The third-order valence-electron chi connectivity index (χ3n) is 12.9. The quantitative estimate of drug-likeness (QED) is 0.0688. The van der Waals surface area contributed by atoms with E-state index >= 15 is 0 Å². The fourth-order valence-corrected chi connectivity index (χ4v) is 8.61. The summed E-state index contributed by atoms with van der Waals surface area (Å²) in [6, 6.07) is 27.8. The zero-order valence-electron chi connectivity index (χ0n) is 40.1. The van der Waals surface area contributed by atoms with E-state index in [9.17, 15) is 23.6 Å². The van der Waals surface area contributed by atoms with Crippen molar-refractivity contribution in [3.63, 3.8) is 0 Å². The highest BCUT2D eigenvalue weighted by Gasteiger charge is 2.24. The number of aromatic amines is 2. The average Bonchev–Trinajstić information content (AvgIpc) is 4.22. The maximum absolute atomic E-state index is 13.4. The number of carbonyl (C=O) groups excluding carboxylic acids is 2. The van der Waals surface area contributed by atoms with E-state index in [1.807, 2.05) is 71.5 Å². The predicted octanol–water partition coefficient (Wildman–Crippen LogP) is 8.22. The highest BCUT2D eigenvalue weighted by Crippen LogP contribution is 2.32. The Balaban J connectivity index is 0.000000176. The number of quaternary nitrogens is 1. The molecule has 17 nitrogen and oxygen atoms in total. The van der Waals surface area contributed by atoms with Crippen molar-refractivity contribution in [3.05, 3.63) is 150 Å². The van der Waals surface area contributed by atoms with Gasteiger partial charge in [-0.1, -0.05) is 0 Å². The Kier molecular flexibility index (Phi) is 14.2. The molecule has 0 radical (unpaired) electrons. The number of hydroxylamine groups is 3. The molecule has 4 aromatic carbocycles. The lowest BCUT2D eigenvalue weighted by Crippen LogP contribution is -2.53. The summed E-state index contributed by atoms with van der Waals surface area (Å²) < 4.78 is 30.5. The van der Waals surface area contributed by atoms with Gasteiger partial charge >= 0.3 is 0 Å². The van der Waals surface area contributed by atoms with Gasteiger partial charge in [-0.25, -0.2) is 28.7 Å². The molecule has 6 heterocycles. The highest BCUT2D eigenvalue weighted by atomic mass is 19.1. The lowest BCUT2D eigenvalue weighted by Gasteiger charge is -2.45. The largest absolute Gasteiger partial charge is 0.633 e. The first-order valence-corrected chi connectivity index (χ1v) is 23.6. The van der Waals surface area contributed by atoms with Crippen molar-refractivity contribution >= 4 is 34.6 Å². The van der Waals surface area contributed by atoms with Crippen molar-refractivity contribution in [2.24, 2.45) is 0 Å². The van der Waals surface area contributed by atoms with Crippen LogP contribution in [-0.2, 0) is 13.1 Å². The van der Waals surface area contributed by atoms with E-state index in [1.165, 1.54) is 36.7 Å². The maximum Gasteiger partial charge on any atom is 0.273 e. The number of benzene rings is 4. The number of carbonyl (C=O) groups is 2. The smallest absolute Gasteiger partial charge is 0.273 e. The molecular weight excluding hydrogens is 907 g/mol. The minimum atomic E-state index is -0.319. The Morgan fingerprint density at radius 3 is 1.38 bits per heavy atom. The zero-order chi connectivity index (χ0) is 49.6. The van der Waals surface area contributed by atoms with Crippen molar-refractivity contribution in [2.75, 3.05) is 86.9 Å². The summed E-state index contributed by atoms with van der Waals surface area (Å²) in [5.74, 6) is -0.186. The van der Waals surface area contributed by atoms with E-state index in [0.717, 1.165) is 65.8 Å². The molecule has 2 saturated heterocycles. The van der Waals surface area contributed by atoms with Gasteiger partial charge in [0, 0.05) is 73.1 Å². The molecule has 2 aliphatic heterocycles. The van der Waals surface area contributed by atoms with Gasteiger partial charge in [0.2, 0.25) is 0 Å². The molecule has 4 aromatic heterocycles. The number of anilines is 4. The highest BCUT2D eigenvalue weighted by molar-refractivity contribution is 6.04. The van der Waals surface area contributed by atoms with Gasteiger partial charge in [-0.3, -0.25) is 9.59 Å². The van der Waals surface area contributed by atoms with Crippen LogP contribution in [-0.4, -0.2) is 127 Å². The first-order chi connectivity index (χ1) is 34.3. The fraction of sp³-hybridized carbons (Fsp3) is 0.269. The molecule has 2 fully saturated rings. The van der Waals surface area contributed by atoms with E-state index in [2.05, 4.69) is 62.3 Å². The second kappa shape index (κ2) is 20.9. The number of hydrogen-bond acceptors (Lipinski definition) is 10. The van der Waals surface area contributed by atoms with Gasteiger partial charge < -0.3 is 54.3 Å². The van der Waals surface area contributed by atoms with Crippen LogP contribution in [0.2, 0.25) is 0 Å². The molecule has 0 unspecified atom stereocenters. The molecule has 2 amide bonds. The molecule has 0 bridgehead atoms. The van der Waals surface area contributed by atoms with Gasteiger partial charge in [0.15, 0.2) is 11.6 Å². The van der Waals surface area contributed by atoms with Gasteiger partial charge in [-0.05, 0) is 118 Å². The van der Waals surface area contributed by atoms with Crippen LogP contribution in [0.4, 0.5) is 31.5 Å². The monoisotopic (exact) mass is 962 g/mol. The number of hydrogen-bond donors (Lipinski definition) is 4. The predicted molar refractivity (Wildman–Crippen MR) is 272 cm³/mol. The summed E-state index contributed by atoms with van der Waals surface area (Å²) in [6.07, 6.45) is 6.44. The summed E-state index contributed by atoms with van der Waals surface area (Å²) in [7, 11) is 3.84. The van der Waals surface area contributed by atoms with Gasteiger partial charge in [-0.2, -0.15) is 0 Å². The van der Waals surface area contributed by atoms with Crippen LogP contribution in [0.1, 0.15) is 34.8 Å². The van der Waals surface area contributed by atoms with Crippen molar-refractivity contribution in [2.45, 2.75) is 26.9 Å². The van der Waals surface area contributed by atoms with Crippen LogP contribution in [0.25, 0.3) is 45.6 Å². The van der Waals surface area contributed by atoms with Crippen molar-refractivity contribution in [3.8, 4) is 45.6 Å². The molecule has 71 heavy (non-hydrogen) atoms. The first kappa shape index (κ1) is 48.0. The minimum absolute atomic E-state index is 0.207. The van der Waals surface area contributed by atoms with Crippen molar-refractivity contribution < 1.29 is 23.0 Å². The third kappa shape index (κ3) is 11.1. The lowest BCUT2D eigenvalue weighted by molar-refractivity contribution is -0.861. The van der Waals surface area contributed by atoms with Crippen LogP contribution < -0.4 is 20.4 Å². The van der Waals surface area contributed by atoms with Gasteiger partial charge in [0.25, 0.3) is 11.8 Å². The second-order valence-corrected chi connectivity index (χ2v) is 17.8. The Hall–Kier alpha value is -8.00. The van der Waals surface area contributed by atoms with Crippen molar-refractivity contribution in [1.29, 1.82) is 0 Å². The maximum atomic E-state index is 13.4. The molecule has 0 spiro atoms. The second-order valence-electron chi connectivity index (χ2n) is 17.8. The Morgan fingerprint density at radius 2 is 0.986 bits per heavy atom. The molecule has 366 valence electrons. The number of imidazole rings is 4. The number of amides is 2. The van der Waals surface area contributed by atoms with Crippen LogP contribution in [0, 0.1) is 16.8 Å². The third-order valence-corrected chi connectivity index (χ3v) is 12.9. The molecule has 0 aliphatic carbocycles. The summed E-state index contributed by atoms with van der Waals surface area (Å²) in [4.78, 5) is 56.8. The number of rotatable bonds is 12. The number of aromatic nitrogens is 8. The van der Waals surface area contributed by atoms with Gasteiger partial charge in [-0.15, -0.1) is 0 Å². The molecule has 19 heteroatoms. The number of H-pyrrole nitrogens is 2. The summed E-state index contributed by atoms with van der Waals surface area (Å²) in [5, 5.41) is 17.9. The topological polar surface area (TPSA) is 184 Å². The molecular formula is C52H56F2N14O3. The number of nitrogens with zero attached hydrogens (tertiary/aromatic N) is 10. The first-order valence-electron chi connectivity index (χ1n) is 23.6. The van der Waals surface area contributed by atoms with Crippen LogP contribution in [0.15, 0.2) is 122 Å². The van der Waals surface area contributed by atoms with Crippen molar-refractivity contribution in [1.82, 2.24) is 43.9 Å². The summed E-state index contributed by atoms with van der Waals surface area (Å²) in [5.41, 5.74) is 8.54. The molecule has 10 rings (SSSR count). The normalized spacial score (nSPS) is 14.7. The van der Waals surface area contributed by atoms with Crippen LogP contribution >= 0.6 is 0 Å². The number of aryl methyl sites for hydroxylation is 2. The number of piperazine rings is 2. The fourth-order valence-electron chi connectivity index (χ4n) is 8.61.